The predicted octanol–water partition coefficient (Wildman–Crippen LogP) is 3.41. The SMILES string of the molecule is COc1cc(C(C)NC(C)C)c([N+](=O)[O-])cc1OCc1cn(C(C)C)nn1. The summed E-state index contributed by atoms with van der Waals surface area (Å²) in [5, 5.41) is 22.9. The van der Waals surface area contributed by atoms with E-state index in [4.69, 9.17) is 9.47 Å². The molecule has 1 aromatic carbocycles. The molecule has 0 aliphatic carbocycles. The molecule has 0 saturated carbocycles. The van der Waals surface area contributed by atoms with Crippen LogP contribution in [0.4, 0.5) is 5.69 Å². The second kappa shape index (κ2) is 8.81. The van der Waals surface area contributed by atoms with E-state index in [0.29, 0.717) is 22.8 Å². The van der Waals surface area contributed by atoms with Crippen LogP contribution < -0.4 is 14.8 Å². The van der Waals surface area contributed by atoms with Gasteiger partial charge in [-0.15, -0.1) is 5.10 Å². The van der Waals surface area contributed by atoms with Crippen molar-refractivity contribution in [1.82, 2.24) is 20.3 Å². The van der Waals surface area contributed by atoms with Gasteiger partial charge >= 0.3 is 0 Å². The van der Waals surface area contributed by atoms with Gasteiger partial charge in [-0.1, -0.05) is 19.1 Å². The molecule has 2 rings (SSSR count). The Bertz CT molecular complexity index is 788. The first-order chi connectivity index (χ1) is 12.7. The van der Waals surface area contributed by atoms with E-state index in [2.05, 4.69) is 15.6 Å². The van der Waals surface area contributed by atoms with E-state index in [-0.39, 0.29) is 30.4 Å². The Balaban J connectivity index is 2.29. The molecule has 1 N–H and O–H groups in total. The molecule has 0 amide bonds. The van der Waals surface area contributed by atoms with Gasteiger partial charge in [0.25, 0.3) is 5.69 Å². The molecule has 0 radical (unpaired) electrons. The zero-order valence-corrected chi connectivity index (χ0v) is 16.6. The van der Waals surface area contributed by atoms with Gasteiger partial charge in [0.2, 0.25) is 0 Å². The molecule has 0 aliphatic rings. The summed E-state index contributed by atoms with van der Waals surface area (Å²) in [7, 11) is 1.51. The maximum Gasteiger partial charge on any atom is 0.278 e. The zero-order valence-electron chi connectivity index (χ0n) is 16.6. The quantitative estimate of drug-likeness (QED) is 0.527. The number of nitrogens with one attached hydrogen (secondary N) is 1. The molecule has 0 fully saturated rings. The summed E-state index contributed by atoms with van der Waals surface area (Å²) in [5.41, 5.74) is 1.16. The number of benzene rings is 1. The number of methoxy groups -OCH3 is 1. The lowest BCUT2D eigenvalue weighted by molar-refractivity contribution is -0.385. The summed E-state index contributed by atoms with van der Waals surface area (Å²) >= 11 is 0. The largest absolute Gasteiger partial charge is 0.493 e. The number of hydrogen-bond donors (Lipinski definition) is 1. The van der Waals surface area contributed by atoms with Crippen molar-refractivity contribution in [2.45, 2.75) is 59.4 Å². The van der Waals surface area contributed by atoms with Crippen LogP contribution in [0.1, 0.15) is 58.0 Å². The number of nitrogens with zero attached hydrogens (tertiary/aromatic N) is 4. The topological polar surface area (TPSA) is 104 Å². The molecule has 0 aliphatic heterocycles. The molecule has 2 aromatic rings. The predicted molar refractivity (Wildman–Crippen MR) is 101 cm³/mol. The van der Waals surface area contributed by atoms with Gasteiger partial charge in [0.1, 0.15) is 12.3 Å². The molecule has 0 spiro atoms. The van der Waals surface area contributed by atoms with Gasteiger partial charge in [0.15, 0.2) is 11.5 Å². The van der Waals surface area contributed by atoms with Gasteiger partial charge < -0.3 is 14.8 Å². The van der Waals surface area contributed by atoms with Gasteiger partial charge in [-0.2, -0.15) is 0 Å². The van der Waals surface area contributed by atoms with Crippen LogP contribution in [-0.4, -0.2) is 33.1 Å². The first-order valence-corrected chi connectivity index (χ1v) is 8.88. The summed E-state index contributed by atoms with van der Waals surface area (Å²) in [5.74, 6) is 0.730. The van der Waals surface area contributed by atoms with Crippen LogP contribution in [0.3, 0.4) is 0 Å². The summed E-state index contributed by atoms with van der Waals surface area (Å²) in [6.45, 7) is 9.99. The van der Waals surface area contributed by atoms with Gasteiger partial charge in [-0.25, -0.2) is 4.68 Å². The third-order valence-corrected chi connectivity index (χ3v) is 4.02. The minimum atomic E-state index is -0.408. The smallest absolute Gasteiger partial charge is 0.278 e. The van der Waals surface area contributed by atoms with Crippen LogP contribution in [0.25, 0.3) is 0 Å². The fraction of sp³-hybridized carbons (Fsp3) is 0.556. The summed E-state index contributed by atoms with van der Waals surface area (Å²) in [6, 6.07) is 3.22. The first kappa shape index (κ1) is 20.6. The highest BCUT2D eigenvalue weighted by Gasteiger charge is 2.24. The van der Waals surface area contributed by atoms with Crippen molar-refractivity contribution in [2.24, 2.45) is 0 Å². The van der Waals surface area contributed by atoms with Crippen LogP contribution in [0, 0.1) is 10.1 Å². The molecule has 9 heteroatoms. The average molecular weight is 377 g/mol. The number of rotatable bonds is 9. The molecular formula is C18H27N5O4. The minimum Gasteiger partial charge on any atom is -0.493 e. The van der Waals surface area contributed by atoms with E-state index >= 15 is 0 Å². The highest BCUT2D eigenvalue weighted by atomic mass is 16.6. The van der Waals surface area contributed by atoms with Crippen molar-refractivity contribution >= 4 is 5.69 Å². The van der Waals surface area contributed by atoms with Crippen LogP contribution in [0.5, 0.6) is 11.5 Å². The first-order valence-electron chi connectivity index (χ1n) is 8.88. The maximum atomic E-state index is 11.6. The third kappa shape index (κ3) is 5.16. The van der Waals surface area contributed by atoms with Crippen molar-refractivity contribution < 1.29 is 14.4 Å². The molecule has 0 bridgehead atoms. The van der Waals surface area contributed by atoms with Crippen molar-refractivity contribution in [3.8, 4) is 11.5 Å². The number of hydrogen-bond acceptors (Lipinski definition) is 7. The lowest BCUT2D eigenvalue weighted by Crippen LogP contribution is -2.26. The molecule has 1 atom stereocenters. The van der Waals surface area contributed by atoms with Crippen LogP contribution in [0.2, 0.25) is 0 Å². The van der Waals surface area contributed by atoms with Gasteiger partial charge in [0.05, 0.1) is 29.9 Å². The Hall–Kier alpha value is -2.68. The highest BCUT2D eigenvalue weighted by molar-refractivity contribution is 5.55. The molecule has 1 heterocycles. The Labute approximate surface area is 158 Å². The zero-order chi connectivity index (χ0) is 20.1. The van der Waals surface area contributed by atoms with Crippen LogP contribution in [-0.2, 0) is 6.61 Å². The van der Waals surface area contributed by atoms with Gasteiger partial charge in [0, 0.05) is 18.1 Å². The second-order valence-corrected chi connectivity index (χ2v) is 6.93. The number of nitro benzene ring substituents is 1. The maximum absolute atomic E-state index is 11.6. The fourth-order valence-corrected chi connectivity index (χ4v) is 2.72. The molecule has 27 heavy (non-hydrogen) atoms. The second-order valence-electron chi connectivity index (χ2n) is 6.93. The lowest BCUT2D eigenvalue weighted by atomic mass is 10.0. The van der Waals surface area contributed by atoms with E-state index in [1.165, 1.54) is 13.2 Å². The minimum absolute atomic E-state index is 0.0164. The van der Waals surface area contributed by atoms with E-state index in [1.54, 1.807) is 16.9 Å². The summed E-state index contributed by atoms with van der Waals surface area (Å²) < 4.78 is 12.9. The summed E-state index contributed by atoms with van der Waals surface area (Å²) in [4.78, 5) is 11.2. The molecule has 9 nitrogen and oxygen atoms in total. The van der Waals surface area contributed by atoms with E-state index in [9.17, 15) is 10.1 Å². The molecular weight excluding hydrogens is 350 g/mol. The van der Waals surface area contributed by atoms with Crippen molar-refractivity contribution in [2.75, 3.05) is 7.11 Å². The number of aromatic nitrogens is 3. The highest BCUT2D eigenvalue weighted by Crippen LogP contribution is 2.37. The van der Waals surface area contributed by atoms with E-state index in [0.717, 1.165) is 0 Å². The van der Waals surface area contributed by atoms with Crippen molar-refractivity contribution in [3.05, 3.63) is 39.7 Å². The third-order valence-electron chi connectivity index (χ3n) is 4.02. The Morgan fingerprint density at radius 1 is 1.22 bits per heavy atom. The normalized spacial score (nSPS) is 12.4. The van der Waals surface area contributed by atoms with E-state index in [1.807, 2.05) is 34.6 Å². The number of ether oxygens (including phenoxy) is 2. The van der Waals surface area contributed by atoms with Crippen LogP contribution in [0.15, 0.2) is 18.3 Å². The standard InChI is InChI=1S/C18H27N5O4/c1-11(2)19-13(5)15-7-17(26-6)18(8-16(15)23(24)25)27-10-14-9-22(12(3)4)21-20-14/h7-9,11-13,19H,10H2,1-6H3. The van der Waals surface area contributed by atoms with Crippen molar-refractivity contribution in [1.29, 1.82) is 0 Å². The Morgan fingerprint density at radius 3 is 2.44 bits per heavy atom. The average Bonchev–Trinajstić information content (AvgIpc) is 3.07. The fourth-order valence-electron chi connectivity index (χ4n) is 2.72. The molecule has 148 valence electrons. The Morgan fingerprint density at radius 2 is 1.93 bits per heavy atom. The van der Waals surface area contributed by atoms with Crippen molar-refractivity contribution in [3.63, 3.8) is 0 Å². The Kier molecular flexibility index (Phi) is 6.73. The van der Waals surface area contributed by atoms with Gasteiger partial charge in [-0.05, 0) is 26.8 Å². The molecule has 1 unspecified atom stereocenters. The number of nitro groups is 1. The summed E-state index contributed by atoms with van der Waals surface area (Å²) in [6.07, 6.45) is 1.79. The monoisotopic (exact) mass is 377 g/mol. The van der Waals surface area contributed by atoms with E-state index < -0.39 is 4.92 Å². The van der Waals surface area contributed by atoms with Crippen LogP contribution >= 0.6 is 0 Å². The van der Waals surface area contributed by atoms with Gasteiger partial charge in [-0.3, -0.25) is 10.1 Å². The lowest BCUT2D eigenvalue weighted by Gasteiger charge is -2.19. The molecule has 0 saturated heterocycles. The molecule has 1 aromatic heterocycles.